The van der Waals surface area contributed by atoms with Gasteiger partial charge in [0.25, 0.3) is 0 Å². The number of benzene rings is 2. The molecule has 0 spiro atoms. The molecule has 0 aromatic heterocycles. The highest BCUT2D eigenvalue weighted by Crippen LogP contribution is 2.24. The number of nitrogen functional groups attached to an aromatic ring is 1. The molecule has 3 N–H and O–H groups in total. The van der Waals surface area contributed by atoms with Crippen molar-refractivity contribution in [2.45, 2.75) is 17.6 Å². The van der Waals surface area contributed by atoms with E-state index in [1.807, 2.05) is 6.92 Å². The van der Waals surface area contributed by atoms with Crippen LogP contribution in [0.2, 0.25) is 0 Å². The molecule has 2 aromatic carbocycles. The van der Waals surface area contributed by atoms with Gasteiger partial charge < -0.3 is 10.8 Å². The molecule has 0 atom stereocenters. The normalized spacial score (nSPS) is 11.4. The number of aryl methyl sites for hydroxylation is 1. The molecule has 0 aliphatic heterocycles. The molecule has 0 fully saturated rings. The number of aromatic hydroxyl groups is 1. The fourth-order valence-corrected chi connectivity index (χ4v) is 3.38. The molecule has 100 valence electrons. The first-order valence-electron chi connectivity index (χ1n) is 5.75. The lowest BCUT2D eigenvalue weighted by atomic mass is 10.2. The predicted molar refractivity (Wildman–Crippen MR) is 74.6 cm³/mol. The molecule has 2 rings (SSSR count). The Kier molecular flexibility index (Phi) is 3.48. The summed E-state index contributed by atoms with van der Waals surface area (Å²) in [5.74, 6) is -0.0304. The second kappa shape index (κ2) is 4.93. The summed E-state index contributed by atoms with van der Waals surface area (Å²) < 4.78 is 24.6. The van der Waals surface area contributed by atoms with E-state index in [1.165, 1.54) is 12.1 Å². The minimum Gasteiger partial charge on any atom is -0.508 e. The number of nitrogens with two attached hydrogens (primary N) is 1. The van der Waals surface area contributed by atoms with Crippen molar-refractivity contribution in [1.82, 2.24) is 0 Å². The maximum absolute atomic E-state index is 12.3. The molecular formula is C14H15NO3S. The molecule has 0 unspecified atom stereocenters. The largest absolute Gasteiger partial charge is 0.508 e. The van der Waals surface area contributed by atoms with E-state index in [2.05, 4.69) is 0 Å². The van der Waals surface area contributed by atoms with Crippen LogP contribution in [0.25, 0.3) is 0 Å². The summed E-state index contributed by atoms with van der Waals surface area (Å²) in [4.78, 5) is 0.153. The first kappa shape index (κ1) is 13.4. The number of hydrogen-bond donors (Lipinski definition) is 2. The van der Waals surface area contributed by atoms with Gasteiger partial charge in [0.15, 0.2) is 9.84 Å². The first-order valence-corrected chi connectivity index (χ1v) is 7.40. The third kappa shape index (κ3) is 3.06. The summed E-state index contributed by atoms with van der Waals surface area (Å²) in [5.41, 5.74) is 7.44. The van der Waals surface area contributed by atoms with Crippen molar-refractivity contribution in [1.29, 1.82) is 0 Å². The van der Waals surface area contributed by atoms with Crippen molar-refractivity contribution in [3.05, 3.63) is 53.6 Å². The summed E-state index contributed by atoms with van der Waals surface area (Å²) in [6.07, 6.45) is 0. The zero-order valence-corrected chi connectivity index (χ0v) is 11.3. The minimum absolute atomic E-state index is 0.108. The maximum atomic E-state index is 12.3. The van der Waals surface area contributed by atoms with Crippen molar-refractivity contribution in [3.63, 3.8) is 0 Å². The van der Waals surface area contributed by atoms with Gasteiger partial charge in [0.05, 0.1) is 16.3 Å². The molecule has 0 bridgehead atoms. The number of anilines is 1. The Morgan fingerprint density at radius 3 is 2.37 bits per heavy atom. The fraction of sp³-hybridized carbons (Fsp3) is 0.143. The van der Waals surface area contributed by atoms with Gasteiger partial charge in [-0.2, -0.15) is 0 Å². The van der Waals surface area contributed by atoms with Crippen molar-refractivity contribution in [3.8, 4) is 5.75 Å². The highest BCUT2D eigenvalue weighted by Gasteiger charge is 2.18. The lowest BCUT2D eigenvalue weighted by Gasteiger charge is -2.08. The molecule has 0 heterocycles. The molecule has 5 heteroatoms. The van der Waals surface area contributed by atoms with Gasteiger partial charge in [-0.1, -0.05) is 18.2 Å². The molecule has 2 aromatic rings. The molecule has 0 aliphatic carbocycles. The number of phenolic OH excluding ortho intramolecular Hbond substituents is 1. The Morgan fingerprint density at radius 2 is 1.74 bits per heavy atom. The highest BCUT2D eigenvalue weighted by molar-refractivity contribution is 7.90. The molecule has 0 saturated carbocycles. The first-order chi connectivity index (χ1) is 8.88. The van der Waals surface area contributed by atoms with Gasteiger partial charge in [-0.05, 0) is 42.3 Å². The van der Waals surface area contributed by atoms with Gasteiger partial charge in [0.2, 0.25) is 0 Å². The Morgan fingerprint density at radius 1 is 1.11 bits per heavy atom. The lowest BCUT2D eigenvalue weighted by molar-refractivity contribution is 0.475. The molecule has 0 saturated heterocycles. The van der Waals surface area contributed by atoms with E-state index in [4.69, 9.17) is 5.73 Å². The summed E-state index contributed by atoms with van der Waals surface area (Å²) in [6, 6.07) is 11.0. The van der Waals surface area contributed by atoms with Gasteiger partial charge >= 0.3 is 0 Å². The molecule has 0 aliphatic rings. The lowest BCUT2D eigenvalue weighted by Crippen LogP contribution is -2.08. The third-order valence-electron chi connectivity index (χ3n) is 2.80. The van der Waals surface area contributed by atoms with E-state index in [1.54, 1.807) is 30.3 Å². The second-order valence-corrected chi connectivity index (χ2v) is 6.42. The van der Waals surface area contributed by atoms with E-state index >= 15 is 0 Å². The zero-order chi connectivity index (χ0) is 14.0. The van der Waals surface area contributed by atoms with Crippen molar-refractivity contribution < 1.29 is 13.5 Å². The van der Waals surface area contributed by atoms with Gasteiger partial charge in [0, 0.05) is 0 Å². The molecule has 0 amide bonds. The number of sulfone groups is 1. The maximum Gasteiger partial charge on any atom is 0.184 e. The van der Waals surface area contributed by atoms with E-state index in [9.17, 15) is 13.5 Å². The molecule has 4 nitrogen and oxygen atoms in total. The van der Waals surface area contributed by atoms with Crippen LogP contribution in [0.5, 0.6) is 5.75 Å². The van der Waals surface area contributed by atoms with Gasteiger partial charge in [-0.25, -0.2) is 8.42 Å². The van der Waals surface area contributed by atoms with E-state index < -0.39 is 9.84 Å². The van der Waals surface area contributed by atoms with Crippen LogP contribution in [0.4, 0.5) is 5.69 Å². The Bertz CT molecular complexity index is 691. The zero-order valence-electron chi connectivity index (χ0n) is 10.5. The fourth-order valence-electron chi connectivity index (χ4n) is 1.80. The van der Waals surface area contributed by atoms with Crippen LogP contribution in [-0.2, 0) is 15.6 Å². The SMILES string of the molecule is Cc1ccc(N)c(S(=O)(=O)Cc2ccc(O)cc2)c1. The Labute approximate surface area is 112 Å². The smallest absolute Gasteiger partial charge is 0.184 e. The van der Waals surface area contributed by atoms with E-state index in [-0.39, 0.29) is 22.1 Å². The molecular weight excluding hydrogens is 262 g/mol. The van der Waals surface area contributed by atoms with Crippen molar-refractivity contribution in [2.75, 3.05) is 5.73 Å². The van der Waals surface area contributed by atoms with Crippen LogP contribution in [0.1, 0.15) is 11.1 Å². The van der Waals surface area contributed by atoms with Crippen molar-refractivity contribution >= 4 is 15.5 Å². The van der Waals surface area contributed by atoms with Crippen LogP contribution in [0, 0.1) is 6.92 Å². The number of hydrogen-bond acceptors (Lipinski definition) is 4. The molecule has 0 radical (unpaired) electrons. The number of phenols is 1. The van der Waals surface area contributed by atoms with Crippen LogP contribution < -0.4 is 5.73 Å². The van der Waals surface area contributed by atoms with Gasteiger partial charge in [0.1, 0.15) is 5.75 Å². The topological polar surface area (TPSA) is 80.4 Å². The van der Waals surface area contributed by atoms with Crippen LogP contribution >= 0.6 is 0 Å². The quantitative estimate of drug-likeness (QED) is 0.843. The monoisotopic (exact) mass is 277 g/mol. The number of rotatable bonds is 3. The Hall–Kier alpha value is -2.01. The highest BCUT2D eigenvalue weighted by atomic mass is 32.2. The average molecular weight is 277 g/mol. The minimum atomic E-state index is -3.49. The van der Waals surface area contributed by atoms with Crippen LogP contribution in [0.3, 0.4) is 0 Å². The van der Waals surface area contributed by atoms with Crippen molar-refractivity contribution in [2.24, 2.45) is 0 Å². The third-order valence-corrected chi connectivity index (χ3v) is 4.53. The predicted octanol–water partition coefficient (Wildman–Crippen LogP) is 2.26. The average Bonchev–Trinajstić information content (AvgIpc) is 2.35. The van der Waals surface area contributed by atoms with E-state index in [0.29, 0.717) is 5.56 Å². The van der Waals surface area contributed by atoms with Crippen LogP contribution in [0.15, 0.2) is 47.4 Å². The van der Waals surface area contributed by atoms with Gasteiger partial charge in [-0.15, -0.1) is 0 Å². The summed E-state index contributed by atoms with van der Waals surface area (Å²) in [6.45, 7) is 1.82. The standard InChI is InChI=1S/C14H15NO3S/c1-10-2-7-13(15)14(8-10)19(17,18)9-11-3-5-12(16)6-4-11/h2-8,16H,9,15H2,1H3. The van der Waals surface area contributed by atoms with Gasteiger partial charge in [-0.3, -0.25) is 0 Å². The summed E-state index contributed by atoms with van der Waals surface area (Å²) in [7, 11) is -3.49. The molecule has 19 heavy (non-hydrogen) atoms. The van der Waals surface area contributed by atoms with Crippen LogP contribution in [-0.4, -0.2) is 13.5 Å². The van der Waals surface area contributed by atoms with E-state index in [0.717, 1.165) is 5.56 Å². The summed E-state index contributed by atoms with van der Waals surface area (Å²) in [5, 5.41) is 9.18. The summed E-state index contributed by atoms with van der Waals surface area (Å²) >= 11 is 0. The Balaban J connectivity index is 2.37. The second-order valence-electron chi connectivity index (χ2n) is 4.47.